The number of quaternary nitrogens is 1. The number of rotatable bonds is 4. The number of aryl methyl sites for hydroxylation is 3. The summed E-state index contributed by atoms with van der Waals surface area (Å²) < 4.78 is 11.6. The summed E-state index contributed by atoms with van der Waals surface area (Å²) in [4.78, 5) is 14.2. The molecule has 5 nitrogen and oxygen atoms in total. The minimum atomic E-state index is 0.0799. The van der Waals surface area contributed by atoms with E-state index in [-0.39, 0.29) is 5.91 Å². The number of hydrogen-bond donors (Lipinski definition) is 2. The Morgan fingerprint density at radius 3 is 2.52 bits per heavy atom. The van der Waals surface area contributed by atoms with Crippen molar-refractivity contribution in [2.24, 2.45) is 0 Å². The van der Waals surface area contributed by atoms with Crippen LogP contribution < -0.4 is 19.7 Å². The smallest absolute Gasteiger partial charge is 0.279 e. The first kappa shape index (κ1) is 19.8. The SMILES string of the molecule is Cc1cc(C)c(NC(=O)C[NH+]2CCC[C@H]2c2ccc3c(c2)OCCCO3)c(C)c1. The van der Waals surface area contributed by atoms with Gasteiger partial charge in [-0.1, -0.05) is 17.7 Å². The Bertz CT molecular complexity index is 886. The van der Waals surface area contributed by atoms with E-state index in [0.717, 1.165) is 54.1 Å². The zero-order chi connectivity index (χ0) is 20.4. The molecule has 0 bridgehead atoms. The van der Waals surface area contributed by atoms with Crippen LogP contribution in [-0.4, -0.2) is 32.2 Å². The molecule has 4 rings (SSSR count). The van der Waals surface area contributed by atoms with Gasteiger partial charge in [0, 0.05) is 30.5 Å². The van der Waals surface area contributed by atoms with Crippen molar-refractivity contribution in [1.29, 1.82) is 0 Å². The number of amides is 1. The quantitative estimate of drug-likeness (QED) is 0.836. The molecule has 2 atom stereocenters. The van der Waals surface area contributed by atoms with Crippen LogP contribution in [0.15, 0.2) is 30.3 Å². The average molecular weight is 396 g/mol. The lowest BCUT2D eigenvalue weighted by Crippen LogP contribution is -3.11. The second kappa shape index (κ2) is 8.46. The first-order valence-corrected chi connectivity index (χ1v) is 10.6. The molecule has 1 fully saturated rings. The van der Waals surface area contributed by atoms with Crippen molar-refractivity contribution in [2.45, 2.75) is 46.1 Å². The zero-order valence-corrected chi connectivity index (χ0v) is 17.6. The maximum absolute atomic E-state index is 12.8. The van der Waals surface area contributed by atoms with Crippen molar-refractivity contribution < 1.29 is 19.2 Å². The highest BCUT2D eigenvalue weighted by molar-refractivity contribution is 5.93. The number of hydrogen-bond acceptors (Lipinski definition) is 3. The van der Waals surface area contributed by atoms with Gasteiger partial charge in [-0.25, -0.2) is 0 Å². The van der Waals surface area contributed by atoms with E-state index in [1.807, 2.05) is 6.07 Å². The van der Waals surface area contributed by atoms with Crippen molar-refractivity contribution in [3.63, 3.8) is 0 Å². The molecule has 2 heterocycles. The molecule has 1 saturated heterocycles. The normalized spacial score (nSPS) is 20.9. The number of carbonyl (C=O) groups is 1. The average Bonchev–Trinajstić information content (AvgIpc) is 3.00. The molecule has 0 spiro atoms. The summed E-state index contributed by atoms with van der Waals surface area (Å²) in [6.07, 6.45) is 3.12. The molecule has 2 N–H and O–H groups in total. The number of likely N-dealkylation sites (tertiary alicyclic amines) is 1. The van der Waals surface area contributed by atoms with Gasteiger partial charge in [0.25, 0.3) is 5.91 Å². The third-order valence-corrected chi connectivity index (χ3v) is 5.99. The highest BCUT2D eigenvalue weighted by Crippen LogP contribution is 2.33. The van der Waals surface area contributed by atoms with E-state index >= 15 is 0 Å². The van der Waals surface area contributed by atoms with Gasteiger partial charge in [0.15, 0.2) is 18.0 Å². The summed E-state index contributed by atoms with van der Waals surface area (Å²) in [6, 6.07) is 10.8. The third-order valence-electron chi connectivity index (χ3n) is 5.99. The van der Waals surface area contributed by atoms with E-state index in [2.05, 4.69) is 50.4 Å². The fraction of sp³-hybridized carbons (Fsp3) is 0.458. The molecule has 29 heavy (non-hydrogen) atoms. The number of anilines is 1. The van der Waals surface area contributed by atoms with Crippen molar-refractivity contribution in [2.75, 3.05) is 31.6 Å². The number of carbonyl (C=O) groups excluding carboxylic acids is 1. The van der Waals surface area contributed by atoms with Crippen LogP contribution in [0.4, 0.5) is 5.69 Å². The highest BCUT2D eigenvalue weighted by atomic mass is 16.5. The summed E-state index contributed by atoms with van der Waals surface area (Å²) >= 11 is 0. The number of benzene rings is 2. The van der Waals surface area contributed by atoms with Gasteiger partial charge in [-0.05, 0) is 50.1 Å². The van der Waals surface area contributed by atoms with Gasteiger partial charge in [-0.15, -0.1) is 0 Å². The largest absolute Gasteiger partial charge is 0.490 e. The van der Waals surface area contributed by atoms with E-state index in [4.69, 9.17) is 9.47 Å². The Labute approximate surface area is 173 Å². The molecule has 2 aromatic rings. The van der Waals surface area contributed by atoms with Crippen LogP contribution in [0, 0.1) is 20.8 Å². The van der Waals surface area contributed by atoms with Crippen LogP contribution in [-0.2, 0) is 4.79 Å². The molecule has 1 unspecified atom stereocenters. The minimum absolute atomic E-state index is 0.0799. The van der Waals surface area contributed by atoms with Gasteiger partial charge in [-0.2, -0.15) is 0 Å². The van der Waals surface area contributed by atoms with Crippen LogP contribution in [0.5, 0.6) is 11.5 Å². The van der Waals surface area contributed by atoms with Gasteiger partial charge in [0.1, 0.15) is 6.04 Å². The molecule has 154 valence electrons. The monoisotopic (exact) mass is 395 g/mol. The molecule has 2 aliphatic heterocycles. The Morgan fingerprint density at radius 2 is 1.76 bits per heavy atom. The van der Waals surface area contributed by atoms with Crippen molar-refractivity contribution in [3.05, 3.63) is 52.6 Å². The molecular formula is C24H31N2O3+. The molecule has 2 aliphatic rings. The molecular weight excluding hydrogens is 364 g/mol. The first-order valence-electron chi connectivity index (χ1n) is 10.6. The zero-order valence-electron chi connectivity index (χ0n) is 17.6. The predicted octanol–water partition coefficient (Wildman–Crippen LogP) is 3.13. The van der Waals surface area contributed by atoms with Crippen molar-refractivity contribution in [3.8, 4) is 11.5 Å². The molecule has 1 amide bonds. The van der Waals surface area contributed by atoms with Gasteiger partial charge in [-0.3, -0.25) is 4.79 Å². The van der Waals surface area contributed by atoms with Crippen molar-refractivity contribution >= 4 is 11.6 Å². The Hall–Kier alpha value is -2.53. The maximum Gasteiger partial charge on any atom is 0.279 e. The van der Waals surface area contributed by atoms with Crippen LogP contribution >= 0.6 is 0 Å². The van der Waals surface area contributed by atoms with E-state index in [1.54, 1.807) is 0 Å². The lowest BCUT2D eigenvalue weighted by Gasteiger charge is -2.22. The molecule has 0 saturated carbocycles. The topological polar surface area (TPSA) is 52.0 Å². The van der Waals surface area contributed by atoms with E-state index in [9.17, 15) is 4.79 Å². The lowest BCUT2D eigenvalue weighted by atomic mass is 10.0. The summed E-state index contributed by atoms with van der Waals surface area (Å²) in [6.45, 7) is 9.07. The number of fused-ring (bicyclic) bond motifs is 1. The first-order chi connectivity index (χ1) is 14.0. The van der Waals surface area contributed by atoms with E-state index in [1.165, 1.54) is 16.0 Å². The molecule has 2 aromatic carbocycles. The third kappa shape index (κ3) is 4.40. The number of nitrogens with one attached hydrogen (secondary N) is 2. The summed E-state index contributed by atoms with van der Waals surface area (Å²) in [5.41, 5.74) is 5.64. The van der Waals surface area contributed by atoms with Gasteiger partial charge in [0.2, 0.25) is 0 Å². The van der Waals surface area contributed by atoms with Crippen molar-refractivity contribution in [1.82, 2.24) is 0 Å². The molecule has 0 aromatic heterocycles. The molecule has 5 heteroatoms. The van der Waals surface area contributed by atoms with E-state index in [0.29, 0.717) is 25.8 Å². The van der Waals surface area contributed by atoms with Gasteiger partial charge >= 0.3 is 0 Å². The van der Waals surface area contributed by atoms with Crippen LogP contribution in [0.2, 0.25) is 0 Å². The van der Waals surface area contributed by atoms with Gasteiger partial charge in [0.05, 0.1) is 19.8 Å². The fourth-order valence-corrected chi connectivity index (χ4v) is 4.69. The molecule has 0 radical (unpaired) electrons. The number of ether oxygens (including phenoxy) is 2. The summed E-state index contributed by atoms with van der Waals surface area (Å²) in [5.74, 6) is 1.74. The summed E-state index contributed by atoms with van der Waals surface area (Å²) in [5, 5.41) is 3.16. The second-order valence-corrected chi connectivity index (χ2v) is 8.36. The lowest BCUT2D eigenvalue weighted by molar-refractivity contribution is -0.910. The standard InChI is InChI=1S/C24H30N2O3/c1-16-12-17(2)24(18(3)13-16)25-23(27)15-26-9-4-6-20(26)19-7-8-21-22(14-19)29-11-5-10-28-21/h7-8,12-14,20H,4-6,9-11,15H2,1-3H3,(H,25,27)/p+1/t20-/m0/s1. The second-order valence-electron chi connectivity index (χ2n) is 8.36. The Kier molecular flexibility index (Phi) is 5.76. The molecule has 0 aliphatic carbocycles. The predicted molar refractivity (Wildman–Crippen MR) is 114 cm³/mol. The van der Waals surface area contributed by atoms with Crippen LogP contribution in [0.3, 0.4) is 0 Å². The minimum Gasteiger partial charge on any atom is -0.490 e. The van der Waals surface area contributed by atoms with Crippen LogP contribution in [0.1, 0.15) is 47.6 Å². The highest BCUT2D eigenvalue weighted by Gasteiger charge is 2.32. The van der Waals surface area contributed by atoms with Gasteiger partial charge < -0.3 is 19.7 Å². The fourth-order valence-electron chi connectivity index (χ4n) is 4.69. The maximum atomic E-state index is 12.8. The van der Waals surface area contributed by atoms with E-state index < -0.39 is 0 Å². The Morgan fingerprint density at radius 1 is 1.03 bits per heavy atom. The Balaban J connectivity index is 1.46. The summed E-state index contributed by atoms with van der Waals surface area (Å²) in [7, 11) is 0. The van der Waals surface area contributed by atoms with Crippen LogP contribution in [0.25, 0.3) is 0 Å².